The molecule has 0 bridgehead atoms. The Morgan fingerprint density at radius 3 is 2.59 bits per heavy atom. The van der Waals surface area contributed by atoms with Crippen molar-refractivity contribution in [3.63, 3.8) is 0 Å². The maximum Gasteiger partial charge on any atom is 0.248 e. The lowest BCUT2D eigenvalue weighted by molar-refractivity contribution is -0.126. The molecule has 1 aromatic carbocycles. The molecule has 174 valence electrons. The second-order valence-corrected chi connectivity index (χ2v) is 9.58. The number of benzene rings is 1. The standard InChI is InChI=1S/C24H34N4O3S/c1-18(29)10-4-2-5-12-20(25-22(30)14-17-28-15-8-3-9-16-28)23(31)27-24-26-19-11-6-7-13-21(19)32-24/h6-7,11,13,20H,2-5,8-10,12,14-17H2,1H3,(H,25,30)(H,26,27,31)/t20-/m0/s1. The van der Waals surface area contributed by atoms with E-state index in [4.69, 9.17) is 0 Å². The topological polar surface area (TPSA) is 91.4 Å². The van der Waals surface area contributed by atoms with Crippen molar-refractivity contribution in [1.29, 1.82) is 0 Å². The number of fused-ring (bicyclic) bond motifs is 1. The molecule has 1 saturated heterocycles. The molecule has 0 spiro atoms. The third kappa shape index (κ3) is 7.98. The average Bonchev–Trinajstić information content (AvgIpc) is 3.19. The molecule has 2 heterocycles. The van der Waals surface area contributed by atoms with E-state index in [9.17, 15) is 14.4 Å². The molecule has 1 fully saturated rings. The smallest absolute Gasteiger partial charge is 0.248 e. The highest BCUT2D eigenvalue weighted by Gasteiger charge is 2.22. The highest BCUT2D eigenvalue weighted by Crippen LogP contribution is 2.25. The number of carbonyl (C=O) groups is 3. The van der Waals surface area contributed by atoms with E-state index in [1.54, 1.807) is 6.92 Å². The minimum Gasteiger partial charge on any atom is -0.344 e. The Balaban J connectivity index is 1.54. The number of thiazole rings is 1. The van der Waals surface area contributed by atoms with Gasteiger partial charge in [0.2, 0.25) is 11.8 Å². The number of nitrogens with zero attached hydrogens (tertiary/aromatic N) is 2. The van der Waals surface area contributed by atoms with Crippen LogP contribution in [0.15, 0.2) is 24.3 Å². The van der Waals surface area contributed by atoms with Gasteiger partial charge in [-0.05, 0) is 57.8 Å². The Morgan fingerprint density at radius 2 is 1.84 bits per heavy atom. The van der Waals surface area contributed by atoms with Gasteiger partial charge in [-0.2, -0.15) is 0 Å². The van der Waals surface area contributed by atoms with Crippen molar-refractivity contribution in [3.05, 3.63) is 24.3 Å². The maximum atomic E-state index is 13.0. The Hall–Kier alpha value is -2.32. The van der Waals surface area contributed by atoms with Crippen molar-refractivity contribution in [2.45, 2.75) is 70.8 Å². The third-order valence-electron chi connectivity index (χ3n) is 5.80. The molecular formula is C24H34N4O3S. The van der Waals surface area contributed by atoms with E-state index >= 15 is 0 Å². The predicted molar refractivity (Wildman–Crippen MR) is 129 cm³/mol. The molecule has 1 aliphatic rings. The Labute approximate surface area is 194 Å². The summed E-state index contributed by atoms with van der Waals surface area (Å²) in [6, 6.07) is 7.14. The minimum atomic E-state index is -0.604. The lowest BCUT2D eigenvalue weighted by Crippen LogP contribution is -2.45. The lowest BCUT2D eigenvalue weighted by Gasteiger charge is -2.26. The molecule has 2 amide bonds. The first-order valence-corrected chi connectivity index (χ1v) is 12.5. The number of rotatable bonds is 12. The number of hydrogen-bond donors (Lipinski definition) is 2. The quantitative estimate of drug-likeness (QED) is 0.467. The molecule has 1 atom stereocenters. The number of hydrogen-bond acceptors (Lipinski definition) is 6. The van der Waals surface area contributed by atoms with Crippen LogP contribution in [0.4, 0.5) is 5.13 Å². The summed E-state index contributed by atoms with van der Waals surface area (Å²) < 4.78 is 1.01. The maximum absolute atomic E-state index is 13.0. The van der Waals surface area contributed by atoms with E-state index in [1.807, 2.05) is 24.3 Å². The van der Waals surface area contributed by atoms with Gasteiger partial charge in [-0.3, -0.25) is 9.59 Å². The third-order valence-corrected chi connectivity index (χ3v) is 6.75. The molecule has 8 heteroatoms. The summed E-state index contributed by atoms with van der Waals surface area (Å²) in [5.41, 5.74) is 0.846. The zero-order chi connectivity index (χ0) is 22.8. The molecule has 32 heavy (non-hydrogen) atoms. The van der Waals surface area contributed by atoms with Gasteiger partial charge in [-0.1, -0.05) is 42.7 Å². The first kappa shape index (κ1) is 24.3. The number of Topliss-reactive ketones (excluding diaryl/α,β-unsaturated/α-hetero) is 1. The Kier molecular flexibility index (Phi) is 9.62. The zero-order valence-electron chi connectivity index (χ0n) is 18.9. The Morgan fingerprint density at radius 1 is 1.06 bits per heavy atom. The fraction of sp³-hybridized carbons (Fsp3) is 0.583. The molecule has 1 aliphatic heterocycles. The van der Waals surface area contributed by atoms with Crippen LogP contribution in [0.5, 0.6) is 0 Å². The van der Waals surface area contributed by atoms with Gasteiger partial charge in [-0.25, -0.2) is 4.98 Å². The highest BCUT2D eigenvalue weighted by atomic mass is 32.1. The number of para-hydroxylation sites is 1. The summed E-state index contributed by atoms with van der Waals surface area (Å²) in [7, 11) is 0. The number of nitrogens with one attached hydrogen (secondary N) is 2. The van der Waals surface area contributed by atoms with E-state index in [0.29, 0.717) is 24.4 Å². The SMILES string of the molecule is CC(=O)CCCCC[C@H](NC(=O)CCN1CCCCC1)C(=O)Nc1nc2ccccc2s1. The summed E-state index contributed by atoms with van der Waals surface area (Å²) in [6.07, 6.45) is 7.59. The van der Waals surface area contributed by atoms with Crippen LogP contribution in [0.25, 0.3) is 10.2 Å². The van der Waals surface area contributed by atoms with Crippen molar-refractivity contribution < 1.29 is 14.4 Å². The van der Waals surface area contributed by atoms with Gasteiger partial charge in [0.05, 0.1) is 10.2 Å². The van der Waals surface area contributed by atoms with Crippen molar-refractivity contribution in [3.8, 4) is 0 Å². The molecule has 0 unspecified atom stereocenters. The molecule has 2 aromatic rings. The first-order valence-electron chi connectivity index (χ1n) is 11.7. The van der Waals surface area contributed by atoms with Gasteiger partial charge in [0.15, 0.2) is 5.13 Å². The number of unbranched alkanes of at least 4 members (excludes halogenated alkanes) is 2. The highest BCUT2D eigenvalue weighted by molar-refractivity contribution is 7.22. The van der Waals surface area contributed by atoms with E-state index in [0.717, 1.165) is 49.1 Å². The van der Waals surface area contributed by atoms with Crippen LogP contribution in [-0.4, -0.2) is 53.2 Å². The van der Waals surface area contributed by atoms with Gasteiger partial charge in [0.25, 0.3) is 0 Å². The zero-order valence-corrected chi connectivity index (χ0v) is 19.7. The summed E-state index contributed by atoms with van der Waals surface area (Å²) in [6.45, 7) is 4.42. The van der Waals surface area contributed by atoms with Crippen LogP contribution in [0, 0.1) is 0 Å². The van der Waals surface area contributed by atoms with Crippen LogP contribution in [0.1, 0.15) is 64.7 Å². The first-order chi connectivity index (χ1) is 15.5. The monoisotopic (exact) mass is 458 g/mol. The van der Waals surface area contributed by atoms with Crippen LogP contribution >= 0.6 is 11.3 Å². The van der Waals surface area contributed by atoms with Gasteiger partial charge in [0.1, 0.15) is 11.8 Å². The van der Waals surface area contributed by atoms with Crippen molar-refractivity contribution >= 4 is 44.3 Å². The largest absolute Gasteiger partial charge is 0.344 e. The van der Waals surface area contributed by atoms with Gasteiger partial charge in [0, 0.05) is 19.4 Å². The fourth-order valence-electron chi connectivity index (χ4n) is 4.00. The van der Waals surface area contributed by atoms with Gasteiger partial charge in [-0.15, -0.1) is 0 Å². The number of amides is 2. The minimum absolute atomic E-state index is 0.0937. The summed E-state index contributed by atoms with van der Waals surface area (Å²) >= 11 is 1.43. The van der Waals surface area contributed by atoms with E-state index in [-0.39, 0.29) is 17.6 Å². The molecule has 0 aliphatic carbocycles. The predicted octanol–water partition coefficient (Wildman–Crippen LogP) is 4.14. The second kappa shape index (κ2) is 12.6. The number of ketones is 1. The lowest BCUT2D eigenvalue weighted by atomic mass is 10.1. The molecule has 7 nitrogen and oxygen atoms in total. The van der Waals surface area contributed by atoms with Crippen molar-refractivity contribution in [2.24, 2.45) is 0 Å². The normalized spacial score (nSPS) is 15.4. The second-order valence-electron chi connectivity index (χ2n) is 8.55. The fourth-order valence-corrected chi connectivity index (χ4v) is 4.86. The molecule has 0 radical (unpaired) electrons. The number of anilines is 1. The summed E-state index contributed by atoms with van der Waals surface area (Å²) in [5.74, 6) is -0.146. The molecule has 1 aromatic heterocycles. The van der Waals surface area contributed by atoms with E-state index in [1.165, 1.54) is 30.6 Å². The molecule has 0 saturated carbocycles. The van der Waals surface area contributed by atoms with Crippen LogP contribution in [-0.2, 0) is 14.4 Å². The Bertz CT molecular complexity index is 875. The number of carbonyl (C=O) groups excluding carboxylic acids is 3. The molecule has 2 N–H and O–H groups in total. The van der Waals surface area contributed by atoms with Crippen molar-refractivity contribution in [2.75, 3.05) is 25.0 Å². The number of aromatic nitrogens is 1. The van der Waals surface area contributed by atoms with Gasteiger partial charge >= 0.3 is 0 Å². The van der Waals surface area contributed by atoms with E-state index < -0.39 is 6.04 Å². The number of piperidine rings is 1. The summed E-state index contributed by atoms with van der Waals surface area (Å²) in [5, 5.41) is 6.37. The molecule has 3 rings (SSSR count). The van der Waals surface area contributed by atoms with E-state index in [2.05, 4.69) is 20.5 Å². The van der Waals surface area contributed by atoms with Gasteiger partial charge < -0.3 is 20.3 Å². The summed E-state index contributed by atoms with van der Waals surface area (Å²) in [4.78, 5) is 43.5. The average molecular weight is 459 g/mol. The van der Waals surface area contributed by atoms with Crippen LogP contribution < -0.4 is 10.6 Å². The molecular weight excluding hydrogens is 424 g/mol. The number of likely N-dealkylation sites (tertiary alicyclic amines) is 1. The van der Waals surface area contributed by atoms with Crippen LogP contribution in [0.3, 0.4) is 0 Å². The van der Waals surface area contributed by atoms with Crippen molar-refractivity contribution in [1.82, 2.24) is 15.2 Å². The van der Waals surface area contributed by atoms with Crippen LogP contribution in [0.2, 0.25) is 0 Å².